The number of hydrogen-bond acceptors (Lipinski definition) is 2. The van der Waals surface area contributed by atoms with Crippen molar-refractivity contribution in [2.24, 2.45) is 11.8 Å². The summed E-state index contributed by atoms with van der Waals surface area (Å²) in [6.45, 7) is 5.68. The van der Waals surface area contributed by atoms with E-state index in [2.05, 4.69) is 12.2 Å². The smallest absolute Gasteiger partial charge is 0.0549 e. The van der Waals surface area contributed by atoms with E-state index in [-0.39, 0.29) is 0 Å². The van der Waals surface area contributed by atoms with Gasteiger partial charge in [-0.3, -0.25) is 0 Å². The van der Waals surface area contributed by atoms with E-state index in [1.807, 2.05) is 0 Å². The summed E-state index contributed by atoms with van der Waals surface area (Å²) in [4.78, 5) is 0. The summed E-state index contributed by atoms with van der Waals surface area (Å²) in [7, 11) is 0. The van der Waals surface area contributed by atoms with Gasteiger partial charge in [-0.1, -0.05) is 0 Å². The fourth-order valence-corrected chi connectivity index (χ4v) is 2.74. The number of rotatable bonds is 1. The Hall–Kier alpha value is -0.0800. The van der Waals surface area contributed by atoms with Crippen molar-refractivity contribution in [2.75, 3.05) is 19.7 Å². The van der Waals surface area contributed by atoms with Crippen molar-refractivity contribution in [3.63, 3.8) is 0 Å². The Morgan fingerprint density at radius 2 is 2.15 bits per heavy atom. The van der Waals surface area contributed by atoms with E-state index in [0.29, 0.717) is 6.10 Å². The first-order valence-electron chi connectivity index (χ1n) is 5.68. The van der Waals surface area contributed by atoms with E-state index in [9.17, 15) is 0 Å². The van der Waals surface area contributed by atoms with E-state index >= 15 is 0 Å². The molecule has 13 heavy (non-hydrogen) atoms. The van der Waals surface area contributed by atoms with Gasteiger partial charge in [0.05, 0.1) is 6.10 Å². The van der Waals surface area contributed by atoms with Crippen LogP contribution in [0.15, 0.2) is 0 Å². The molecule has 3 unspecified atom stereocenters. The van der Waals surface area contributed by atoms with Crippen LogP contribution in [0.25, 0.3) is 0 Å². The summed E-state index contributed by atoms with van der Waals surface area (Å²) in [6.07, 6.45) is 5.88. The Labute approximate surface area is 81.0 Å². The highest BCUT2D eigenvalue weighted by molar-refractivity contribution is 4.80. The zero-order valence-corrected chi connectivity index (χ0v) is 8.59. The van der Waals surface area contributed by atoms with Crippen molar-refractivity contribution in [3.8, 4) is 0 Å². The van der Waals surface area contributed by atoms with Gasteiger partial charge in [0.15, 0.2) is 0 Å². The Balaban J connectivity index is 1.83. The second-order valence-electron chi connectivity index (χ2n) is 4.57. The molecule has 0 amide bonds. The molecule has 0 bridgehead atoms. The topological polar surface area (TPSA) is 21.3 Å². The molecule has 2 aliphatic rings. The molecular formula is C11H21NO. The molecule has 0 aliphatic carbocycles. The molecule has 0 spiro atoms. The van der Waals surface area contributed by atoms with Gasteiger partial charge >= 0.3 is 0 Å². The molecule has 2 rings (SSSR count). The Kier molecular flexibility index (Phi) is 3.23. The lowest BCUT2D eigenvalue weighted by Crippen LogP contribution is -2.37. The largest absolute Gasteiger partial charge is 0.378 e. The lowest BCUT2D eigenvalue weighted by molar-refractivity contribution is -0.0146. The summed E-state index contributed by atoms with van der Waals surface area (Å²) < 4.78 is 5.58. The van der Waals surface area contributed by atoms with Crippen LogP contribution >= 0.6 is 0 Å². The van der Waals surface area contributed by atoms with Crippen LogP contribution in [0.4, 0.5) is 0 Å². The van der Waals surface area contributed by atoms with Crippen LogP contribution in [-0.2, 0) is 4.74 Å². The summed E-state index contributed by atoms with van der Waals surface area (Å²) in [5.74, 6) is 1.86. The van der Waals surface area contributed by atoms with Crippen molar-refractivity contribution in [3.05, 3.63) is 0 Å². The molecule has 2 heteroatoms. The number of hydrogen-bond donors (Lipinski definition) is 1. The van der Waals surface area contributed by atoms with Gasteiger partial charge in [0.25, 0.3) is 0 Å². The molecule has 0 aromatic carbocycles. The summed E-state index contributed by atoms with van der Waals surface area (Å²) in [5, 5.41) is 3.51. The molecule has 2 saturated heterocycles. The van der Waals surface area contributed by atoms with Gasteiger partial charge in [0.1, 0.15) is 0 Å². The third-order valence-electron chi connectivity index (χ3n) is 3.53. The van der Waals surface area contributed by atoms with Gasteiger partial charge in [0, 0.05) is 6.61 Å². The molecule has 0 radical (unpaired) electrons. The molecule has 0 saturated carbocycles. The minimum atomic E-state index is 0.501. The van der Waals surface area contributed by atoms with Crippen LogP contribution in [0.2, 0.25) is 0 Å². The quantitative estimate of drug-likeness (QED) is 0.669. The Bertz CT molecular complexity index is 154. The van der Waals surface area contributed by atoms with Crippen LogP contribution in [-0.4, -0.2) is 25.8 Å². The molecule has 2 aliphatic heterocycles. The Morgan fingerprint density at radius 3 is 2.85 bits per heavy atom. The zero-order chi connectivity index (χ0) is 9.10. The van der Waals surface area contributed by atoms with Gasteiger partial charge in [-0.15, -0.1) is 0 Å². The highest BCUT2D eigenvalue weighted by atomic mass is 16.5. The van der Waals surface area contributed by atoms with Gasteiger partial charge in [-0.25, -0.2) is 0 Å². The first-order chi connectivity index (χ1) is 6.36. The van der Waals surface area contributed by atoms with Crippen molar-refractivity contribution in [1.82, 2.24) is 5.32 Å². The lowest BCUT2D eigenvalue weighted by atomic mass is 9.80. The minimum Gasteiger partial charge on any atom is -0.378 e. The number of nitrogens with one attached hydrogen (secondary N) is 1. The van der Waals surface area contributed by atoms with Gasteiger partial charge in [-0.2, -0.15) is 0 Å². The van der Waals surface area contributed by atoms with E-state index in [1.165, 1.54) is 38.8 Å². The maximum Gasteiger partial charge on any atom is 0.0549 e. The number of ether oxygens (including phenoxy) is 1. The lowest BCUT2D eigenvalue weighted by Gasteiger charge is -2.35. The average Bonchev–Trinajstić information content (AvgIpc) is 2.19. The number of piperidine rings is 1. The fourth-order valence-electron chi connectivity index (χ4n) is 2.74. The van der Waals surface area contributed by atoms with Crippen molar-refractivity contribution in [2.45, 2.75) is 38.7 Å². The summed E-state index contributed by atoms with van der Waals surface area (Å²) in [5.41, 5.74) is 0. The second-order valence-corrected chi connectivity index (χ2v) is 4.57. The van der Waals surface area contributed by atoms with Crippen LogP contribution in [0.3, 0.4) is 0 Å². The molecule has 1 N–H and O–H groups in total. The van der Waals surface area contributed by atoms with Gasteiger partial charge in [0.2, 0.25) is 0 Å². The molecule has 2 fully saturated rings. The standard InChI is InChI=1S/C11H21NO/c1-9-7-10(4-6-13-9)11-3-2-5-12-8-11/h9-12H,2-8H2,1H3. The molecule has 0 aromatic rings. The van der Waals surface area contributed by atoms with E-state index in [1.54, 1.807) is 0 Å². The SMILES string of the molecule is CC1CC(C2CCCNC2)CCO1. The van der Waals surface area contributed by atoms with E-state index < -0.39 is 0 Å². The van der Waals surface area contributed by atoms with Crippen LogP contribution in [0, 0.1) is 11.8 Å². The normalized spacial score (nSPS) is 41.8. The third-order valence-corrected chi connectivity index (χ3v) is 3.53. The zero-order valence-electron chi connectivity index (χ0n) is 8.59. The first kappa shape index (κ1) is 9.47. The average molecular weight is 183 g/mol. The maximum atomic E-state index is 5.58. The first-order valence-corrected chi connectivity index (χ1v) is 5.68. The van der Waals surface area contributed by atoms with Gasteiger partial charge < -0.3 is 10.1 Å². The minimum absolute atomic E-state index is 0.501. The third kappa shape index (κ3) is 2.44. The van der Waals surface area contributed by atoms with Crippen molar-refractivity contribution in [1.29, 1.82) is 0 Å². The van der Waals surface area contributed by atoms with E-state index in [0.717, 1.165) is 18.4 Å². The van der Waals surface area contributed by atoms with Gasteiger partial charge in [-0.05, 0) is 57.5 Å². The predicted molar refractivity (Wildman–Crippen MR) is 53.7 cm³/mol. The fraction of sp³-hybridized carbons (Fsp3) is 1.00. The molecule has 0 aromatic heterocycles. The second kappa shape index (κ2) is 4.43. The molecule has 3 atom stereocenters. The van der Waals surface area contributed by atoms with Crippen molar-refractivity contribution >= 4 is 0 Å². The predicted octanol–water partition coefficient (Wildman–Crippen LogP) is 1.80. The molecule has 2 heterocycles. The monoisotopic (exact) mass is 183 g/mol. The highest BCUT2D eigenvalue weighted by Crippen LogP contribution is 2.30. The van der Waals surface area contributed by atoms with E-state index in [4.69, 9.17) is 4.74 Å². The molecule has 76 valence electrons. The Morgan fingerprint density at radius 1 is 1.23 bits per heavy atom. The van der Waals surface area contributed by atoms with Crippen LogP contribution in [0.5, 0.6) is 0 Å². The maximum absolute atomic E-state index is 5.58. The summed E-state index contributed by atoms with van der Waals surface area (Å²) in [6, 6.07) is 0. The molecular weight excluding hydrogens is 162 g/mol. The molecule has 2 nitrogen and oxygen atoms in total. The summed E-state index contributed by atoms with van der Waals surface area (Å²) >= 11 is 0. The highest BCUT2D eigenvalue weighted by Gasteiger charge is 2.27. The van der Waals surface area contributed by atoms with Crippen LogP contribution in [0.1, 0.15) is 32.6 Å². The van der Waals surface area contributed by atoms with Crippen molar-refractivity contribution < 1.29 is 4.74 Å². The van der Waals surface area contributed by atoms with Crippen LogP contribution < -0.4 is 5.32 Å².